The number of rotatable bonds is 7. The molecule has 0 aliphatic heterocycles. The second kappa shape index (κ2) is 7.75. The highest BCUT2D eigenvalue weighted by Crippen LogP contribution is 2.24. The van der Waals surface area contributed by atoms with Gasteiger partial charge in [-0.1, -0.05) is 26.2 Å². The predicted molar refractivity (Wildman–Crippen MR) is 82.5 cm³/mol. The van der Waals surface area contributed by atoms with Gasteiger partial charge in [0.25, 0.3) is 0 Å². The van der Waals surface area contributed by atoms with Gasteiger partial charge in [-0.15, -0.1) is 0 Å². The van der Waals surface area contributed by atoms with Crippen LogP contribution in [0.2, 0.25) is 0 Å². The van der Waals surface area contributed by atoms with Gasteiger partial charge in [0.05, 0.1) is 16.8 Å². The van der Waals surface area contributed by atoms with Crippen LogP contribution in [0.4, 0.5) is 0 Å². The normalized spacial score (nSPS) is 25.3. The van der Waals surface area contributed by atoms with Crippen molar-refractivity contribution in [2.75, 3.05) is 24.3 Å². The summed E-state index contributed by atoms with van der Waals surface area (Å²) in [4.78, 5) is 0. The van der Waals surface area contributed by atoms with Gasteiger partial charge in [-0.2, -0.15) is 0 Å². The molecule has 1 aliphatic rings. The van der Waals surface area contributed by atoms with Gasteiger partial charge in [-0.3, -0.25) is 0 Å². The van der Waals surface area contributed by atoms with E-state index < -0.39 is 24.9 Å². The minimum Gasteiger partial charge on any atom is -0.313 e. The predicted octanol–water partition coefficient (Wildman–Crippen LogP) is 1.15. The van der Waals surface area contributed by atoms with Gasteiger partial charge in [0.15, 0.2) is 9.84 Å². The third-order valence-corrected chi connectivity index (χ3v) is 7.27. The zero-order valence-electron chi connectivity index (χ0n) is 12.5. The highest BCUT2D eigenvalue weighted by atomic mass is 32.2. The van der Waals surface area contributed by atoms with Gasteiger partial charge < -0.3 is 5.32 Å². The second-order valence-corrected chi connectivity index (χ2v) is 10.3. The highest BCUT2D eigenvalue weighted by molar-refractivity contribution is 7.95. The summed E-state index contributed by atoms with van der Waals surface area (Å²) in [5, 5.41) is 2.90. The Balaban J connectivity index is 2.80. The van der Waals surface area contributed by atoms with Crippen LogP contribution in [0.1, 0.15) is 45.4 Å². The molecule has 1 rings (SSSR count). The van der Waals surface area contributed by atoms with E-state index in [0.29, 0.717) is 6.42 Å². The largest absolute Gasteiger partial charge is 0.313 e. The number of hydrogen-bond acceptors (Lipinski definition) is 5. The van der Waals surface area contributed by atoms with Crippen molar-refractivity contribution < 1.29 is 16.8 Å². The lowest BCUT2D eigenvalue weighted by molar-refractivity contribution is 0.450. The van der Waals surface area contributed by atoms with Crippen molar-refractivity contribution in [3.63, 3.8) is 0 Å². The molecule has 120 valence electrons. The lowest BCUT2D eigenvalue weighted by Gasteiger charge is -2.26. The van der Waals surface area contributed by atoms with E-state index in [1.54, 1.807) is 0 Å². The molecule has 0 amide bonds. The standard InChI is InChI=1S/C13H27NO4S2/c1-3-9-14-12-7-5-4-6-8-13(12)20(17,18)11-10-19(2,15)16/h12-14H,3-11H2,1-2H3. The van der Waals surface area contributed by atoms with E-state index in [0.717, 1.165) is 44.9 Å². The van der Waals surface area contributed by atoms with E-state index >= 15 is 0 Å². The fourth-order valence-corrected chi connectivity index (χ4v) is 6.39. The third kappa shape index (κ3) is 6.10. The molecular formula is C13H27NO4S2. The molecule has 0 aromatic rings. The number of hydrogen-bond donors (Lipinski definition) is 1. The molecule has 0 bridgehead atoms. The number of nitrogens with one attached hydrogen (secondary N) is 1. The van der Waals surface area contributed by atoms with Crippen molar-refractivity contribution >= 4 is 19.7 Å². The van der Waals surface area contributed by atoms with Crippen molar-refractivity contribution in [3.05, 3.63) is 0 Å². The molecule has 7 heteroatoms. The summed E-state index contributed by atoms with van der Waals surface area (Å²) in [5.74, 6) is -0.521. The lowest BCUT2D eigenvalue weighted by atomic mass is 10.1. The van der Waals surface area contributed by atoms with E-state index in [2.05, 4.69) is 12.2 Å². The molecule has 2 atom stereocenters. The smallest absolute Gasteiger partial charge is 0.155 e. The minimum absolute atomic E-state index is 0.0259. The molecule has 0 aromatic heterocycles. The third-order valence-electron chi connectivity index (χ3n) is 3.81. The molecule has 0 saturated heterocycles. The minimum atomic E-state index is -3.36. The van der Waals surface area contributed by atoms with E-state index in [4.69, 9.17) is 0 Å². The van der Waals surface area contributed by atoms with Gasteiger partial charge in [-0.25, -0.2) is 16.8 Å². The van der Waals surface area contributed by atoms with Crippen molar-refractivity contribution in [3.8, 4) is 0 Å². The maximum atomic E-state index is 12.5. The molecule has 2 unspecified atom stereocenters. The molecule has 0 aromatic carbocycles. The van der Waals surface area contributed by atoms with Gasteiger partial charge in [-0.05, 0) is 25.8 Å². The van der Waals surface area contributed by atoms with Crippen LogP contribution in [-0.4, -0.2) is 52.4 Å². The zero-order chi connectivity index (χ0) is 15.2. The summed E-state index contributed by atoms with van der Waals surface area (Å²) < 4.78 is 47.3. The van der Waals surface area contributed by atoms with Gasteiger partial charge >= 0.3 is 0 Å². The van der Waals surface area contributed by atoms with E-state index in [1.165, 1.54) is 0 Å². The second-order valence-electron chi connectivity index (χ2n) is 5.73. The Labute approximate surface area is 123 Å². The van der Waals surface area contributed by atoms with Crippen LogP contribution >= 0.6 is 0 Å². The topological polar surface area (TPSA) is 80.3 Å². The molecule has 0 spiro atoms. The molecule has 20 heavy (non-hydrogen) atoms. The Morgan fingerprint density at radius 1 is 1.00 bits per heavy atom. The number of sulfone groups is 2. The molecule has 1 saturated carbocycles. The van der Waals surface area contributed by atoms with E-state index in [9.17, 15) is 16.8 Å². The van der Waals surface area contributed by atoms with Crippen LogP contribution in [0.5, 0.6) is 0 Å². The fourth-order valence-electron chi connectivity index (χ4n) is 2.69. The van der Waals surface area contributed by atoms with E-state index in [-0.39, 0.29) is 17.5 Å². The molecule has 1 fully saturated rings. The first-order valence-corrected chi connectivity index (χ1v) is 11.2. The Bertz CT molecular complexity index is 485. The summed E-state index contributed by atoms with van der Waals surface area (Å²) in [6.45, 7) is 2.86. The first-order chi connectivity index (χ1) is 9.26. The van der Waals surface area contributed by atoms with Gasteiger partial charge in [0.1, 0.15) is 9.84 Å². The molecular weight excluding hydrogens is 298 g/mol. The quantitative estimate of drug-likeness (QED) is 0.710. The monoisotopic (exact) mass is 325 g/mol. The fraction of sp³-hybridized carbons (Fsp3) is 1.00. The maximum absolute atomic E-state index is 12.5. The molecule has 5 nitrogen and oxygen atoms in total. The van der Waals surface area contributed by atoms with Crippen molar-refractivity contribution in [1.82, 2.24) is 5.32 Å². The summed E-state index contributed by atoms with van der Waals surface area (Å²) in [6.07, 6.45) is 6.57. The first-order valence-electron chi connectivity index (χ1n) is 7.39. The Kier molecular flexibility index (Phi) is 6.94. The average Bonchev–Trinajstić information content (AvgIpc) is 2.59. The van der Waals surface area contributed by atoms with Crippen LogP contribution in [0.25, 0.3) is 0 Å². The Morgan fingerprint density at radius 3 is 2.25 bits per heavy atom. The first kappa shape index (κ1) is 17.9. The van der Waals surface area contributed by atoms with E-state index in [1.807, 2.05) is 0 Å². The zero-order valence-corrected chi connectivity index (χ0v) is 14.1. The van der Waals surface area contributed by atoms with Crippen LogP contribution in [-0.2, 0) is 19.7 Å². The molecule has 1 aliphatic carbocycles. The van der Waals surface area contributed by atoms with Crippen LogP contribution < -0.4 is 5.32 Å². The lowest BCUT2D eigenvalue weighted by Crippen LogP contribution is -2.45. The Hall–Kier alpha value is -0.140. The molecule has 0 heterocycles. The summed E-state index contributed by atoms with van der Waals surface area (Å²) in [5.41, 5.74) is 0. The SMILES string of the molecule is CCCNC1CCCCCC1S(=O)(=O)CCS(C)(=O)=O. The Morgan fingerprint density at radius 2 is 1.65 bits per heavy atom. The summed E-state index contributed by atoms with van der Waals surface area (Å²) >= 11 is 0. The summed E-state index contributed by atoms with van der Waals surface area (Å²) in [7, 11) is -6.60. The van der Waals surface area contributed by atoms with Gasteiger partial charge in [0, 0.05) is 12.3 Å². The maximum Gasteiger partial charge on any atom is 0.155 e. The van der Waals surface area contributed by atoms with Gasteiger partial charge in [0.2, 0.25) is 0 Å². The van der Waals surface area contributed by atoms with Crippen LogP contribution in [0.15, 0.2) is 0 Å². The van der Waals surface area contributed by atoms with Crippen molar-refractivity contribution in [2.24, 2.45) is 0 Å². The molecule has 1 N–H and O–H groups in total. The van der Waals surface area contributed by atoms with Crippen molar-refractivity contribution in [1.29, 1.82) is 0 Å². The summed E-state index contributed by atoms with van der Waals surface area (Å²) in [6, 6.07) is -0.0259. The molecule has 0 radical (unpaired) electrons. The average molecular weight is 325 g/mol. The highest BCUT2D eigenvalue weighted by Gasteiger charge is 2.34. The van der Waals surface area contributed by atoms with Crippen LogP contribution in [0, 0.1) is 0 Å². The van der Waals surface area contributed by atoms with Crippen molar-refractivity contribution in [2.45, 2.75) is 56.7 Å². The van der Waals surface area contributed by atoms with Crippen LogP contribution in [0.3, 0.4) is 0 Å².